The van der Waals surface area contributed by atoms with Crippen molar-refractivity contribution in [2.45, 2.75) is 6.92 Å². The van der Waals surface area contributed by atoms with Gasteiger partial charge in [-0.3, -0.25) is 4.98 Å². The molecule has 0 radical (unpaired) electrons. The summed E-state index contributed by atoms with van der Waals surface area (Å²) < 4.78 is 5.19. The van der Waals surface area contributed by atoms with Gasteiger partial charge in [0.25, 0.3) is 0 Å². The number of pyridine rings is 1. The summed E-state index contributed by atoms with van der Waals surface area (Å²) in [5.74, 6) is 0.861. The Morgan fingerprint density at radius 2 is 1.89 bits per heavy atom. The van der Waals surface area contributed by atoms with E-state index in [0.29, 0.717) is 0 Å². The van der Waals surface area contributed by atoms with Crippen molar-refractivity contribution in [3.63, 3.8) is 0 Å². The molecule has 18 heavy (non-hydrogen) atoms. The second-order valence-corrected chi connectivity index (χ2v) is 4.02. The number of anilines is 3. The molecule has 2 aromatic rings. The van der Waals surface area contributed by atoms with Gasteiger partial charge in [0.2, 0.25) is 0 Å². The van der Waals surface area contributed by atoms with Gasteiger partial charge in [-0.2, -0.15) is 0 Å². The van der Waals surface area contributed by atoms with Crippen LogP contribution in [0.5, 0.6) is 5.75 Å². The molecule has 0 aliphatic heterocycles. The summed E-state index contributed by atoms with van der Waals surface area (Å²) in [5.41, 5.74) is 4.11. The number of rotatable bonds is 4. The lowest BCUT2D eigenvalue weighted by atomic mass is 10.2. The number of methoxy groups -OCH3 is 1. The lowest BCUT2D eigenvalue weighted by molar-refractivity contribution is 0.414. The number of ether oxygens (including phenoxy) is 1. The van der Waals surface area contributed by atoms with Gasteiger partial charge in [-0.1, -0.05) is 0 Å². The molecule has 4 nitrogen and oxygen atoms in total. The quantitative estimate of drug-likeness (QED) is 0.865. The summed E-state index contributed by atoms with van der Waals surface area (Å²) >= 11 is 0. The highest BCUT2D eigenvalue weighted by Gasteiger charge is 2.01. The third kappa shape index (κ3) is 2.71. The Labute approximate surface area is 107 Å². The van der Waals surface area contributed by atoms with E-state index in [4.69, 9.17) is 4.74 Å². The highest BCUT2D eigenvalue weighted by molar-refractivity contribution is 5.66. The number of aryl methyl sites for hydroxylation is 1. The number of hydrogen-bond acceptors (Lipinski definition) is 4. The summed E-state index contributed by atoms with van der Waals surface area (Å²) in [6.07, 6.45) is 3.58. The molecular weight excluding hydrogens is 226 g/mol. The molecule has 2 rings (SSSR count). The Balaban J connectivity index is 2.22. The van der Waals surface area contributed by atoms with E-state index in [1.165, 1.54) is 0 Å². The molecule has 1 aromatic heterocycles. The van der Waals surface area contributed by atoms with Gasteiger partial charge in [-0.25, -0.2) is 0 Å². The largest absolute Gasteiger partial charge is 0.497 e. The number of benzene rings is 1. The molecule has 0 spiro atoms. The molecule has 2 N–H and O–H groups in total. The number of aromatic nitrogens is 1. The van der Waals surface area contributed by atoms with Crippen LogP contribution in [0.25, 0.3) is 0 Å². The third-order valence-electron chi connectivity index (χ3n) is 2.74. The Kier molecular flexibility index (Phi) is 3.67. The molecule has 0 bridgehead atoms. The SMILES string of the molecule is CNc1cncc(Nc2ccc(OC)cc2C)c1. The van der Waals surface area contributed by atoms with Crippen molar-refractivity contribution in [1.29, 1.82) is 0 Å². The van der Waals surface area contributed by atoms with Crippen LogP contribution in [0.1, 0.15) is 5.56 Å². The van der Waals surface area contributed by atoms with Crippen LogP contribution < -0.4 is 15.4 Å². The molecule has 4 heteroatoms. The molecule has 1 aromatic carbocycles. The zero-order valence-electron chi connectivity index (χ0n) is 10.8. The predicted molar refractivity (Wildman–Crippen MR) is 74.8 cm³/mol. The van der Waals surface area contributed by atoms with E-state index in [9.17, 15) is 0 Å². The molecule has 94 valence electrons. The van der Waals surface area contributed by atoms with Gasteiger partial charge in [0.15, 0.2) is 0 Å². The van der Waals surface area contributed by atoms with E-state index in [-0.39, 0.29) is 0 Å². The van der Waals surface area contributed by atoms with Gasteiger partial charge >= 0.3 is 0 Å². The van der Waals surface area contributed by atoms with Crippen molar-refractivity contribution in [2.75, 3.05) is 24.8 Å². The molecule has 1 heterocycles. The minimum Gasteiger partial charge on any atom is -0.497 e. The molecule has 0 amide bonds. The summed E-state index contributed by atoms with van der Waals surface area (Å²) in [4.78, 5) is 4.17. The maximum atomic E-state index is 5.19. The van der Waals surface area contributed by atoms with Gasteiger partial charge in [0.1, 0.15) is 5.75 Å². The molecule has 0 aliphatic carbocycles. The zero-order chi connectivity index (χ0) is 13.0. The van der Waals surface area contributed by atoms with E-state index < -0.39 is 0 Å². The van der Waals surface area contributed by atoms with Crippen LogP contribution in [0.3, 0.4) is 0 Å². The summed E-state index contributed by atoms with van der Waals surface area (Å²) in [5, 5.41) is 6.40. The Morgan fingerprint density at radius 1 is 1.11 bits per heavy atom. The molecule has 0 saturated heterocycles. The van der Waals surface area contributed by atoms with Crippen LogP contribution in [0, 0.1) is 6.92 Å². The van der Waals surface area contributed by atoms with Crippen molar-refractivity contribution in [3.05, 3.63) is 42.2 Å². The van der Waals surface area contributed by atoms with Crippen molar-refractivity contribution in [2.24, 2.45) is 0 Å². The van der Waals surface area contributed by atoms with E-state index in [2.05, 4.69) is 15.6 Å². The van der Waals surface area contributed by atoms with E-state index >= 15 is 0 Å². The minimum atomic E-state index is 0.861. The predicted octanol–water partition coefficient (Wildman–Crippen LogP) is 3.18. The Hall–Kier alpha value is -2.23. The average Bonchev–Trinajstić information content (AvgIpc) is 2.41. The van der Waals surface area contributed by atoms with Crippen LogP contribution in [-0.4, -0.2) is 19.1 Å². The standard InChI is InChI=1S/C14H17N3O/c1-10-6-13(18-3)4-5-14(10)17-12-7-11(15-2)8-16-9-12/h4-9,15,17H,1-3H3. The van der Waals surface area contributed by atoms with Crippen LogP contribution in [0.4, 0.5) is 17.1 Å². The van der Waals surface area contributed by atoms with Crippen molar-refractivity contribution >= 4 is 17.1 Å². The maximum Gasteiger partial charge on any atom is 0.119 e. The van der Waals surface area contributed by atoms with E-state index in [1.807, 2.05) is 38.2 Å². The molecule has 0 atom stereocenters. The van der Waals surface area contributed by atoms with Crippen LogP contribution in [0.2, 0.25) is 0 Å². The topological polar surface area (TPSA) is 46.2 Å². The molecule has 0 saturated carbocycles. The number of nitrogens with zero attached hydrogens (tertiary/aromatic N) is 1. The molecule has 0 unspecified atom stereocenters. The second kappa shape index (κ2) is 5.40. The van der Waals surface area contributed by atoms with Gasteiger partial charge in [-0.15, -0.1) is 0 Å². The van der Waals surface area contributed by atoms with Gasteiger partial charge in [-0.05, 0) is 36.8 Å². The first-order valence-corrected chi connectivity index (χ1v) is 5.77. The number of nitrogens with one attached hydrogen (secondary N) is 2. The summed E-state index contributed by atoms with van der Waals surface area (Å²) in [6.45, 7) is 2.04. The number of hydrogen-bond donors (Lipinski definition) is 2. The maximum absolute atomic E-state index is 5.19. The van der Waals surface area contributed by atoms with Gasteiger partial charge < -0.3 is 15.4 Å². The van der Waals surface area contributed by atoms with E-state index in [0.717, 1.165) is 28.4 Å². The second-order valence-electron chi connectivity index (χ2n) is 4.02. The van der Waals surface area contributed by atoms with Crippen molar-refractivity contribution in [1.82, 2.24) is 4.98 Å². The lowest BCUT2D eigenvalue weighted by Gasteiger charge is -2.11. The highest BCUT2D eigenvalue weighted by atomic mass is 16.5. The fourth-order valence-electron chi connectivity index (χ4n) is 1.70. The van der Waals surface area contributed by atoms with Crippen LogP contribution in [0.15, 0.2) is 36.7 Å². The van der Waals surface area contributed by atoms with Crippen molar-refractivity contribution < 1.29 is 4.74 Å². The van der Waals surface area contributed by atoms with Crippen molar-refractivity contribution in [3.8, 4) is 5.75 Å². The van der Waals surface area contributed by atoms with E-state index in [1.54, 1.807) is 19.5 Å². The smallest absolute Gasteiger partial charge is 0.119 e. The molecule has 0 fully saturated rings. The molecule has 0 aliphatic rings. The monoisotopic (exact) mass is 243 g/mol. The Bertz CT molecular complexity index is 540. The van der Waals surface area contributed by atoms with Gasteiger partial charge in [0.05, 0.1) is 30.9 Å². The lowest BCUT2D eigenvalue weighted by Crippen LogP contribution is -1.96. The normalized spacial score (nSPS) is 9.94. The summed E-state index contributed by atoms with van der Waals surface area (Å²) in [7, 11) is 3.54. The fourth-order valence-corrected chi connectivity index (χ4v) is 1.70. The first-order chi connectivity index (χ1) is 8.72. The van der Waals surface area contributed by atoms with Crippen LogP contribution >= 0.6 is 0 Å². The fraction of sp³-hybridized carbons (Fsp3) is 0.214. The first-order valence-electron chi connectivity index (χ1n) is 5.77. The molecular formula is C14H17N3O. The van der Waals surface area contributed by atoms with Gasteiger partial charge in [0, 0.05) is 12.7 Å². The Morgan fingerprint density at radius 3 is 2.56 bits per heavy atom. The first kappa shape index (κ1) is 12.2. The van der Waals surface area contributed by atoms with Crippen LogP contribution in [-0.2, 0) is 0 Å². The zero-order valence-corrected chi connectivity index (χ0v) is 10.8. The summed E-state index contributed by atoms with van der Waals surface area (Å²) in [6, 6.07) is 7.94. The minimum absolute atomic E-state index is 0.861. The highest BCUT2D eigenvalue weighted by Crippen LogP contribution is 2.25. The third-order valence-corrected chi connectivity index (χ3v) is 2.74. The average molecular weight is 243 g/mol.